The number of fused-ring (bicyclic) bond motifs is 1. The van der Waals surface area contributed by atoms with Crippen molar-refractivity contribution in [3.05, 3.63) is 51.5 Å². The Labute approximate surface area is 165 Å². The zero-order valence-electron chi connectivity index (χ0n) is 16.1. The number of guanidine groups is 1. The van der Waals surface area contributed by atoms with E-state index in [4.69, 9.17) is 0 Å². The highest BCUT2D eigenvalue weighted by Gasteiger charge is 2.18. The summed E-state index contributed by atoms with van der Waals surface area (Å²) >= 11 is 1.66. The van der Waals surface area contributed by atoms with Gasteiger partial charge in [-0.15, -0.1) is 11.3 Å². The first kappa shape index (κ1) is 19.8. The van der Waals surface area contributed by atoms with Crippen LogP contribution in [0.25, 0.3) is 0 Å². The van der Waals surface area contributed by atoms with Crippen LogP contribution in [0.3, 0.4) is 0 Å². The van der Waals surface area contributed by atoms with Crippen LogP contribution in [0.1, 0.15) is 27.9 Å². The van der Waals surface area contributed by atoms with Crippen molar-refractivity contribution >= 4 is 17.3 Å². The molecule has 7 heteroatoms. The third-order valence-electron chi connectivity index (χ3n) is 4.57. The topological polar surface area (TPSA) is 72.8 Å². The van der Waals surface area contributed by atoms with Crippen molar-refractivity contribution in [1.82, 2.24) is 20.5 Å². The van der Waals surface area contributed by atoms with Crippen molar-refractivity contribution in [2.24, 2.45) is 4.99 Å². The van der Waals surface area contributed by atoms with E-state index in [1.165, 1.54) is 16.0 Å². The Kier molecular flexibility index (Phi) is 7.20. The van der Waals surface area contributed by atoms with Crippen LogP contribution in [-0.4, -0.2) is 53.2 Å². The molecule has 0 saturated heterocycles. The van der Waals surface area contributed by atoms with E-state index >= 15 is 0 Å². The second-order valence-electron chi connectivity index (χ2n) is 6.85. The van der Waals surface area contributed by atoms with E-state index in [2.05, 4.69) is 49.8 Å². The van der Waals surface area contributed by atoms with Gasteiger partial charge in [0.25, 0.3) is 0 Å². The molecule has 3 N–H and O–H groups in total. The lowest BCUT2D eigenvalue weighted by molar-refractivity contribution is 0.108. The molecule has 1 unspecified atom stereocenters. The van der Waals surface area contributed by atoms with Crippen molar-refractivity contribution in [2.75, 3.05) is 26.2 Å². The molecule has 0 bridgehead atoms. The number of nitrogens with one attached hydrogen (secondary N) is 2. The molecule has 0 aliphatic carbocycles. The van der Waals surface area contributed by atoms with Gasteiger partial charge < -0.3 is 15.7 Å². The maximum atomic E-state index is 10.5. The van der Waals surface area contributed by atoms with Crippen LogP contribution in [0.15, 0.2) is 35.5 Å². The summed E-state index contributed by atoms with van der Waals surface area (Å²) in [5.41, 5.74) is 2.80. The first-order valence-electron chi connectivity index (χ1n) is 9.54. The van der Waals surface area contributed by atoms with Crippen LogP contribution in [-0.2, 0) is 19.5 Å². The second kappa shape index (κ2) is 9.82. The summed E-state index contributed by atoms with van der Waals surface area (Å²) in [6.45, 7) is 8.44. The predicted octanol–water partition coefficient (Wildman–Crippen LogP) is 1.93. The minimum Gasteiger partial charge on any atom is -0.390 e. The zero-order valence-corrected chi connectivity index (χ0v) is 16.9. The summed E-state index contributed by atoms with van der Waals surface area (Å²) in [6, 6.07) is 8.57. The molecule has 0 saturated carbocycles. The van der Waals surface area contributed by atoms with Crippen LogP contribution in [0, 0.1) is 6.92 Å². The van der Waals surface area contributed by atoms with Gasteiger partial charge in [-0.2, -0.15) is 0 Å². The number of aromatic nitrogens is 1. The van der Waals surface area contributed by atoms with E-state index in [9.17, 15) is 5.11 Å². The molecule has 0 spiro atoms. The first-order valence-corrected chi connectivity index (χ1v) is 10.4. The number of aliphatic imine (C=N–C) groups is 1. The van der Waals surface area contributed by atoms with E-state index in [-0.39, 0.29) is 0 Å². The van der Waals surface area contributed by atoms with E-state index < -0.39 is 6.10 Å². The molecule has 1 aromatic heterocycles. The summed E-state index contributed by atoms with van der Waals surface area (Å²) in [7, 11) is 0. The number of aryl methyl sites for hydroxylation is 1. The molecule has 1 aromatic carbocycles. The third-order valence-corrected chi connectivity index (χ3v) is 5.47. The Morgan fingerprint density at radius 1 is 1.33 bits per heavy atom. The number of aliphatic hydroxyl groups is 1. The van der Waals surface area contributed by atoms with Gasteiger partial charge in [0.15, 0.2) is 5.96 Å². The number of benzene rings is 1. The lowest BCUT2D eigenvalue weighted by Crippen LogP contribution is -2.45. The maximum Gasteiger partial charge on any atom is 0.191 e. The highest BCUT2D eigenvalue weighted by Crippen LogP contribution is 2.18. The zero-order chi connectivity index (χ0) is 19.1. The number of rotatable bonds is 7. The van der Waals surface area contributed by atoms with Gasteiger partial charge in [-0.3, -0.25) is 4.90 Å². The SMILES string of the molecule is CCNC(=NCc1ncc(C)s1)NCC(O)CN1CCc2ccccc2C1. The van der Waals surface area contributed by atoms with E-state index in [1.807, 2.05) is 20.0 Å². The number of hydrogen-bond donors (Lipinski definition) is 3. The molecule has 0 radical (unpaired) electrons. The highest BCUT2D eigenvalue weighted by molar-refractivity contribution is 7.11. The van der Waals surface area contributed by atoms with Gasteiger partial charge in [-0.25, -0.2) is 9.98 Å². The van der Waals surface area contributed by atoms with Crippen molar-refractivity contribution in [1.29, 1.82) is 0 Å². The Hall–Kier alpha value is -1.96. The quantitative estimate of drug-likeness (QED) is 0.500. The summed E-state index contributed by atoms with van der Waals surface area (Å²) in [5.74, 6) is 0.716. The maximum absolute atomic E-state index is 10.5. The number of β-amino-alcohol motifs (C(OH)–C–C–N with tert-alkyl or cyclic N) is 1. The minimum atomic E-state index is -0.443. The van der Waals surface area contributed by atoms with Gasteiger partial charge in [0, 0.05) is 43.8 Å². The summed E-state index contributed by atoms with van der Waals surface area (Å²) in [5, 5.41) is 17.9. The van der Waals surface area contributed by atoms with Crippen molar-refractivity contribution in [3.63, 3.8) is 0 Å². The molecule has 1 aliphatic rings. The van der Waals surface area contributed by atoms with Crippen molar-refractivity contribution < 1.29 is 5.11 Å². The van der Waals surface area contributed by atoms with Gasteiger partial charge in [0.2, 0.25) is 0 Å². The lowest BCUT2D eigenvalue weighted by atomic mass is 10.00. The monoisotopic (exact) mass is 387 g/mol. The first-order chi connectivity index (χ1) is 13.1. The summed E-state index contributed by atoms with van der Waals surface area (Å²) in [4.78, 5) is 12.4. The number of hydrogen-bond acceptors (Lipinski definition) is 5. The molecule has 2 heterocycles. The Morgan fingerprint density at radius 2 is 2.15 bits per heavy atom. The fraction of sp³-hybridized carbons (Fsp3) is 0.500. The predicted molar refractivity (Wildman–Crippen MR) is 111 cm³/mol. The van der Waals surface area contributed by atoms with E-state index in [0.717, 1.165) is 31.1 Å². The van der Waals surface area contributed by atoms with Crippen LogP contribution < -0.4 is 10.6 Å². The molecule has 27 heavy (non-hydrogen) atoms. The van der Waals surface area contributed by atoms with Crippen LogP contribution >= 0.6 is 11.3 Å². The molecular weight excluding hydrogens is 358 g/mol. The number of thiazole rings is 1. The standard InChI is InChI=1S/C20H29N5OS/c1-3-21-20(24-12-19-22-10-15(2)27-19)23-11-18(26)14-25-9-8-16-6-4-5-7-17(16)13-25/h4-7,10,18,26H,3,8-9,11-14H2,1-2H3,(H2,21,23,24). The molecule has 146 valence electrons. The molecule has 1 atom stereocenters. The molecule has 0 fully saturated rings. The van der Waals surface area contributed by atoms with Crippen molar-refractivity contribution in [3.8, 4) is 0 Å². The van der Waals surface area contributed by atoms with Gasteiger partial charge in [0.05, 0.1) is 12.6 Å². The Balaban J connectivity index is 1.47. The van der Waals surface area contributed by atoms with Crippen LogP contribution in [0.5, 0.6) is 0 Å². The van der Waals surface area contributed by atoms with E-state index in [0.29, 0.717) is 25.6 Å². The lowest BCUT2D eigenvalue weighted by Gasteiger charge is -2.30. The average molecular weight is 388 g/mol. The van der Waals surface area contributed by atoms with Crippen LogP contribution in [0.2, 0.25) is 0 Å². The smallest absolute Gasteiger partial charge is 0.191 e. The summed E-state index contributed by atoms with van der Waals surface area (Å²) in [6.07, 6.45) is 2.48. The molecule has 0 amide bonds. The largest absolute Gasteiger partial charge is 0.390 e. The second-order valence-corrected chi connectivity index (χ2v) is 8.17. The highest BCUT2D eigenvalue weighted by atomic mass is 32.1. The molecule has 2 aromatic rings. The van der Waals surface area contributed by atoms with Crippen LogP contribution in [0.4, 0.5) is 0 Å². The summed E-state index contributed by atoms with van der Waals surface area (Å²) < 4.78 is 0. The molecule has 1 aliphatic heterocycles. The Morgan fingerprint density at radius 3 is 2.89 bits per heavy atom. The van der Waals surface area contributed by atoms with Gasteiger partial charge in [-0.05, 0) is 31.4 Å². The third kappa shape index (κ3) is 6.02. The normalized spacial score (nSPS) is 16.0. The molecule has 3 rings (SSSR count). The number of aliphatic hydroxyl groups excluding tert-OH is 1. The van der Waals surface area contributed by atoms with Crippen molar-refractivity contribution in [2.45, 2.75) is 39.5 Å². The van der Waals surface area contributed by atoms with Gasteiger partial charge in [-0.1, -0.05) is 24.3 Å². The van der Waals surface area contributed by atoms with Gasteiger partial charge >= 0.3 is 0 Å². The Bertz CT molecular complexity index is 760. The molecular formula is C20H29N5OS. The van der Waals surface area contributed by atoms with E-state index in [1.54, 1.807) is 11.3 Å². The fourth-order valence-electron chi connectivity index (χ4n) is 3.25. The van der Waals surface area contributed by atoms with Gasteiger partial charge in [0.1, 0.15) is 5.01 Å². The average Bonchev–Trinajstić information content (AvgIpc) is 3.09. The molecule has 6 nitrogen and oxygen atoms in total. The fourth-order valence-corrected chi connectivity index (χ4v) is 3.96. The minimum absolute atomic E-state index is 0.443. The number of nitrogens with zero attached hydrogens (tertiary/aromatic N) is 3.